The quantitative estimate of drug-likeness (QED) is 0.858. The van der Waals surface area contributed by atoms with Crippen LogP contribution in [0.3, 0.4) is 0 Å². The van der Waals surface area contributed by atoms with Crippen molar-refractivity contribution in [2.75, 3.05) is 13.1 Å². The van der Waals surface area contributed by atoms with Crippen LogP contribution in [0, 0.1) is 25.7 Å². The minimum absolute atomic E-state index is 0.226. The maximum Gasteiger partial charge on any atom is 0.263 e. The maximum absolute atomic E-state index is 12.5. The summed E-state index contributed by atoms with van der Waals surface area (Å²) in [5.74, 6) is 1.55. The summed E-state index contributed by atoms with van der Waals surface area (Å²) < 4.78 is 0. The van der Waals surface area contributed by atoms with E-state index in [1.807, 2.05) is 6.07 Å². The normalized spacial score (nSPS) is 30.5. The van der Waals surface area contributed by atoms with E-state index in [1.165, 1.54) is 16.9 Å². The molecule has 3 rings (SSSR count). The number of thiophene rings is 1. The van der Waals surface area contributed by atoms with Crippen LogP contribution in [0.15, 0.2) is 6.07 Å². The third kappa shape index (κ3) is 2.43. The number of carbonyl (C=O) groups is 1. The van der Waals surface area contributed by atoms with Crippen LogP contribution in [0.2, 0.25) is 0 Å². The molecule has 1 aromatic rings. The molecule has 1 saturated heterocycles. The van der Waals surface area contributed by atoms with Crippen LogP contribution < -0.4 is 5.73 Å². The summed E-state index contributed by atoms with van der Waals surface area (Å²) >= 11 is 1.63. The number of fused-ring (bicyclic) bond motifs is 1. The zero-order valence-corrected chi connectivity index (χ0v) is 12.5. The Bertz CT molecular complexity index is 477. The fourth-order valence-corrected chi connectivity index (χ4v) is 4.47. The van der Waals surface area contributed by atoms with Crippen molar-refractivity contribution in [3.8, 4) is 0 Å². The molecule has 1 aliphatic heterocycles. The highest BCUT2D eigenvalue weighted by Gasteiger charge is 2.38. The summed E-state index contributed by atoms with van der Waals surface area (Å²) in [5, 5.41) is 0. The maximum atomic E-state index is 12.5. The first-order chi connectivity index (χ1) is 9.04. The molecular weight excluding hydrogens is 256 g/mol. The number of amides is 1. The van der Waals surface area contributed by atoms with Gasteiger partial charge in [0, 0.05) is 24.0 Å². The molecular formula is C15H22N2OS. The first-order valence-electron chi connectivity index (χ1n) is 7.16. The second kappa shape index (κ2) is 4.91. The minimum atomic E-state index is 0.226. The van der Waals surface area contributed by atoms with E-state index in [4.69, 9.17) is 5.73 Å². The SMILES string of the molecule is Cc1cc(C(=O)N2C[C@H]3CCC(N)C[C@H]3C2)sc1C. The van der Waals surface area contributed by atoms with Crippen molar-refractivity contribution in [2.45, 2.75) is 39.2 Å². The van der Waals surface area contributed by atoms with Crippen LogP contribution >= 0.6 is 11.3 Å². The molecule has 0 bridgehead atoms. The number of carbonyl (C=O) groups excluding carboxylic acids is 1. The number of aryl methyl sites for hydroxylation is 2. The summed E-state index contributed by atoms with van der Waals surface area (Å²) in [7, 11) is 0. The molecule has 4 heteroatoms. The van der Waals surface area contributed by atoms with E-state index in [1.54, 1.807) is 11.3 Å². The topological polar surface area (TPSA) is 46.3 Å². The minimum Gasteiger partial charge on any atom is -0.337 e. The molecule has 0 aromatic carbocycles. The first kappa shape index (κ1) is 13.1. The highest BCUT2D eigenvalue weighted by atomic mass is 32.1. The predicted octanol–water partition coefficient (Wildman–Crippen LogP) is 2.56. The summed E-state index contributed by atoms with van der Waals surface area (Å²) in [6.45, 7) is 6.00. The number of hydrogen-bond acceptors (Lipinski definition) is 3. The standard InChI is InChI=1S/C15H22N2OS/c1-9-5-14(19-10(9)2)15(18)17-7-11-3-4-13(16)6-12(11)8-17/h5,11-13H,3-4,6-8,16H2,1-2H3/t11-,12+,13?/m1/s1. The van der Waals surface area contributed by atoms with E-state index >= 15 is 0 Å². The average Bonchev–Trinajstić information content (AvgIpc) is 2.92. The van der Waals surface area contributed by atoms with Gasteiger partial charge in [-0.25, -0.2) is 0 Å². The lowest BCUT2D eigenvalue weighted by Gasteiger charge is -2.27. The van der Waals surface area contributed by atoms with Gasteiger partial charge in [0.2, 0.25) is 0 Å². The van der Waals surface area contributed by atoms with E-state index in [2.05, 4.69) is 18.7 Å². The molecule has 3 nitrogen and oxygen atoms in total. The smallest absolute Gasteiger partial charge is 0.263 e. The average molecular weight is 278 g/mol. The third-order valence-corrected chi connectivity index (χ3v) is 5.89. The Labute approximate surface area is 118 Å². The monoisotopic (exact) mass is 278 g/mol. The van der Waals surface area contributed by atoms with Gasteiger partial charge in [0.25, 0.3) is 5.91 Å². The summed E-state index contributed by atoms with van der Waals surface area (Å²) in [5.41, 5.74) is 7.27. The Morgan fingerprint density at radius 1 is 1.32 bits per heavy atom. The molecule has 1 amide bonds. The van der Waals surface area contributed by atoms with Crippen molar-refractivity contribution in [1.82, 2.24) is 4.90 Å². The van der Waals surface area contributed by atoms with E-state index in [0.29, 0.717) is 17.9 Å². The van der Waals surface area contributed by atoms with Crippen molar-refractivity contribution in [3.05, 3.63) is 21.4 Å². The lowest BCUT2D eigenvalue weighted by atomic mass is 9.79. The van der Waals surface area contributed by atoms with E-state index in [-0.39, 0.29) is 5.91 Å². The summed E-state index contributed by atoms with van der Waals surface area (Å²) in [6, 6.07) is 2.39. The molecule has 1 unspecified atom stereocenters. The van der Waals surface area contributed by atoms with Crippen LogP contribution in [-0.2, 0) is 0 Å². The zero-order chi connectivity index (χ0) is 13.6. The van der Waals surface area contributed by atoms with Crippen LogP contribution in [0.1, 0.15) is 39.4 Å². The van der Waals surface area contributed by atoms with Crippen LogP contribution in [-0.4, -0.2) is 29.9 Å². The fraction of sp³-hybridized carbons (Fsp3) is 0.667. The molecule has 104 valence electrons. The molecule has 2 heterocycles. The molecule has 19 heavy (non-hydrogen) atoms. The van der Waals surface area contributed by atoms with Gasteiger partial charge in [0.15, 0.2) is 0 Å². The molecule has 2 aliphatic rings. The van der Waals surface area contributed by atoms with Crippen LogP contribution in [0.5, 0.6) is 0 Å². The van der Waals surface area contributed by atoms with Gasteiger partial charge in [-0.1, -0.05) is 0 Å². The highest BCUT2D eigenvalue weighted by molar-refractivity contribution is 7.14. The van der Waals surface area contributed by atoms with E-state index in [9.17, 15) is 4.79 Å². The fourth-order valence-electron chi connectivity index (χ4n) is 3.47. The van der Waals surface area contributed by atoms with E-state index in [0.717, 1.165) is 30.8 Å². The van der Waals surface area contributed by atoms with Gasteiger partial charge in [-0.05, 0) is 56.6 Å². The molecule has 0 spiro atoms. The van der Waals surface area contributed by atoms with Crippen LogP contribution in [0.25, 0.3) is 0 Å². The summed E-state index contributed by atoms with van der Waals surface area (Å²) in [4.78, 5) is 16.7. The number of nitrogens with two attached hydrogens (primary N) is 1. The second-order valence-corrected chi connectivity index (χ2v) is 7.41. The van der Waals surface area contributed by atoms with Gasteiger partial charge in [-0.3, -0.25) is 4.79 Å². The Kier molecular flexibility index (Phi) is 3.39. The van der Waals surface area contributed by atoms with Gasteiger partial charge in [-0.2, -0.15) is 0 Å². The Morgan fingerprint density at radius 2 is 2.05 bits per heavy atom. The lowest BCUT2D eigenvalue weighted by Crippen LogP contribution is -2.32. The van der Waals surface area contributed by atoms with Crippen molar-refractivity contribution in [2.24, 2.45) is 17.6 Å². The summed E-state index contributed by atoms with van der Waals surface area (Å²) in [6.07, 6.45) is 3.41. The molecule has 3 atom stereocenters. The van der Waals surface area contributed by atoms with Crippen molar-refractivity contribution >= 4 is 17.2 Å². The number of likely N-dealkylation sites (tertiary alicyclic amines) is 1. The predicted molar refractivity (Wildman–Crippen MR) is 78.5 cm³/mol. The Balaban J connectivity index is 1.72. The Morgan fingerprint density at radius 3 is 2.74 bits per heavy atom. The van der Waals surface area contributed by atoms with Crippen molar-refractivity contribution < 1.29 is 4.79 Å². The first-order valence-corrected chi connectivity index (χ1v) is 7.98. The number of nitrogens with zero attached hydrogens (tertiary/aromatic N) is 1. The lowest BCUT2D eigenvalue weighted by molar-refractivity contribution is 0.0788. The van der Waals surface area contributed by atoms with Gasteiger partial charge in [0.05, 0.1) is 4.88 Å². The molecule has 2 fully saturated rings. The molecule has 0 radical (unpaired) electrons. The molecule has 1 saturated carbocycles. The second-order valence-electron chi connectivity index (χ2n) is 6.15. The Hall–Kier alpha value is -0.870. The van der Waals surface area contributed by atoms with Crippen molar-refractivity contribution in [3.63, 3.8) is 0 Å². The van der Waals surface area contributed by atoms with Gasteiger partial charge >= 0.3 is 0 Å². The highest BCUT2D eigenvalue weighted by Crippen LogP contribution is 2.36. The van der Waals surface area contributed by atoms with Crippen molar-refractivity contribution in [1.29, 1.82) is 0 Å². The van der Waals surface area contributed by atoms with Gasteiger partial charge in [-0.15, -0.1) is 11.3 Å². The molecule has 1 aromatic heterocycles. The molecule has 2 N–H and O–H groups in total. The van der Waals surface area contributed by atoms with Gasteiger partial charge < -0.3 is 10.6 Å². The number of rotatable bonds is 1. The molecule has 1 aliphatic carbocycles. The largest absolute Gasteiger partial charge is 0.337 e. The number of hydrogen-bond donors (Lipinski definition) is 1. The van der Waals surface area contributed by atoms with Crippen LogP contribution in [0.4, 0.5) is 0 Å². The zero-order valence-electron chi connectivity index (χ0n) is 11.7. The van der Waals surface area contributed by atoms with Gasteiger partial charge in [0.1, 0.15) is 0 Å². The van der Waals surface area contributed by atoms with E-state index < -0.39 is 0 Å². The third-order valence-electron chi connectivity index (χ3n) is 4.75.